The second-order valence-electron chi connectivity index (χ2n) is 2.38. The van der Waals surface area contributed by atoms with Gasteiger partial charge in [0.25, 0.3) is 0 Å². The van der Waals surface area contributed by atoms with Crippen LogP contribution in [0.1, 0.15) is 19.8 Å². The highest BCUT2D eigenvalue weighted by Gasteiger charge is 2.61. The monoisotopic (exact) mass is 302 g/mol. The van der Waals surface area contributed by atoms with Gasteiger partial charge in [0, 0.05) is 0 Å². The largest absolute Gasteiger partial charge is 0.454 e. The molecule has 0 aromatic heterocycles. The van der Waals surface area contributed by atoms with E-state index in [1.54, 1.807) is 6.92 Å². The van der Waals surface area contributed by atoms with Gasteiger partial charge in [0.15, 0.2) is 0 Å². The van der Waals surface area contributed by atoms with Crippen LogP contribution in [-0.2, 0) is 0 Å². The van der Waals surface area contributed by atoms with Crippen LogP contribution in [0.2, 0.25) is 0 Å². The van der Waals surface area contributed by atoms with Crippen LogP contribution in [0.4, 0.5) is 22.0 Å². The van der Waals surface area contributed by atoms with E-state index >= 15 is 0 Å². The van der Waals surface area contributed by atoms with Crippen molar-refractivity contribution in [2.45, 2.75) is 35.8 Å². The van der Waals surface area contributed by atoms with Crippen molar-refractivity contribution in [2.24, 2.45) is 0 Å². The summed E-state index contributed by atoms with van der Waals surface area (Å²) in [6.45, 7) is 1.57. The van der Waals surface area contributed by atoms with Gasteiger partial charge in [-0.05, 0) is 6.42 Å². The van der Waals surface area contributed by atoms with Crippen molar-refractivity contribution in [3.63, 3.8) is 0 Å². The van der Waals surface area contributed by atoms with Gasteiger partial charge in [-0.15, -0.1) is 0 Å². The smallest absolute Gasteiger partial charge is 0.195 e. The third-order valence-corrected chi connectivity index (χ3v) is 2.72. The Morgan fingerprint density at radius 3 is 1.83 bits per heavy atom. The molecule has 0 saturated carbocycles. The maximum atomic E-state index is 12.4. The van der Waals surface area contributed by atoms with E-state index in [2.05, 4.69) is 0 Å². The molecule has 0 aliphatic rings. The Morgan fingerprint density at radius 1 is 1.17 bits per heavy atom. The molecule has 0 aromatic rings. The van der Waals surface area contributed by atoms with E-state index in [0.29, 0.717) is 6.42 Å². The third kappa shape index (κ3) is 2.70. The summed E-state index contributed by atoms with van der Waals surface area (Å²) in [7, 11) is 0. The van der Waals surface area contributed by atoms with Crippen molar-refractivity contribution in [3.8, 4) is 0 Å². The van der Waals surface area contributed by atoms with Crippen molar-refractivity contribution >= 4 is 22.6 Å². The fraction of sp³-hybridized carbons (Fsp3) is 1.00. The van der Waals surface area contributed by atoms with E-state index in [1.165, 1.54) is 0 Å². The number of halogens is 6. The lowest BCUT2D eigenvalue weighted by atomic mass is 10.1. The van der Waals surface area contributed by atoms with Crippen LogP contribution in [0.25, 0.3) is 0 Å². The van der Waals surface area contributed by atoms with Gasteiger partial charge >= 0.3 is 12.1 Å². The molecule has 12 heavy (non-hydrogen) atoms. The first-order chi connectivity index (χ1) is 5.23. The predicted molar refractivity (Wildman–Crippen MR) is 43.7 cm³/mol. The fourth-order valence-corrected chi connectivity index (χ4v) is 1.59. The van der Waals surface area contributed by atoms with Gasteiger partial charge in [-0.25, -0.2) is 0 Å². The minimum atomic E-state index is -5.42. The molecule has 6 heteroatoms. The Kier molecular flexibility index (Phi) is 4.19. The number of alkyl halides is 6. The van der Waals surface area contributed by atoms with E-state index < -0.39 is 16.0 Å². The molecule has 0 N–H and O–H groups in total. The highest BCUT2D eigenvalue weighted by Crippen LogP contribution is 2.42. The molecular weight excluding hydrogens is 294 g/mol. The third-order valence-electron chi connectivity index (χ3n) is 1.31. The van der Waals surface area contributed by atoms with E-state index in [4.69, 9.17) is 0 Å². The number of hydrogen-bond donors (Lipinski definition) is 0. The summed E-state index contributed by atoms with van der Waals surface area (Å²) < 4.78 is 58.0. The summed E-state index contributed by atoms with van der Waals surface area (Å²) in [4.78, 5) is 0. The zero-order valence-corrected chi connectivity index (χ0v) is 8.42. The number of rotatable bonds is 3. The van der Waals surface area contributed by atoms with Gasteiger partial charge in [-0.1, -0.05) is 35.9 Å². The van der Waals surface area contributed by atoms with Crippen molar-refractivity contribution < 1.29 is 22.0 Å². The Hall–Kier alpha value is 0.380. The van der Waals surface area contributed by atoms with Crippen LogP contribution < -0.4 is 0 Å². The lowest BCUT2D eigenvalue weighted by Crippen LogP contribution is -2.44. The molecular formula is C6H8F5I. The maximum Gasteiger partial charge on any atom is 0.454 e. The molecule has 0 saturated heterocycles. The van der Waals surface area contributed by atoms with E-state index in [1.807, 2.05) is 0 Å². The molecule has 0 aliphatic heterocycles. The molecule has 1 unspecified atom stereocenters. The topological polar surface area (TPSA) is 0 Å². The first-order valence-electron chi connectivity index (χ1n) is 3.32. The summed E-state index contributed by atoms with van der Waals surface area (Å²) in [6.07, 6.45) is -5.24. The molecule has 0 amide bonds. The minimum absolute atomic E-state index is 0.132. The van der Waals surface area contributed by atoms with Crippen molar-refractivity contribution in [1.29, 1.82) is 0 Å². The fourth-order valence-electron chi connectivity index (χ4n) is 0.612. The maximum absolute atomic E-state index is 12.4. The van der Waals surface area contributed by atoms with E-state index in [9.17, 15) is 22.0 Å². The lowest BCUT2D eigenvalue weighted by Gasteiger charge is -2.24. The molecule has 0 nitrogen and oxygen atoms in total. The Balaban J connectivity index is 4.38. The Morgan fingerprint density at radius 2 is 1.58 bits per heavy atom. The quantitative estimate of drug-likeness (QED) is 0.423. The van der Waals surface area contributed by atoms with Crippen LogP contribution in [0, 0.1) is 0 Å². The molecule has 0 rings (SSSR count). The first-order valence-corrected chi connectivity index (χ1v) is 4.56. The highest BCUT2D eigenvalue weighted by atomic mass is 127. The standard InChI is InChI=1S/C6H8F5I/c1-2-3-4(12)5(7,8)6(9,10)11/h4H,2-3H2,1H3. The predicted octanol–water partition coefficient (Wildman–Crippen LogP) is 3.79. The van der Waals surface area contributed by atoms with Gasteiger partial charge in [-0.2, -0.15) is 22.0 Å². The summed E-state index contributed by atoms with van der Waals surface area (Å²) in [5, 5.41) is 0. The molecule has 0 radical (unpaired) electrons. The first kappa shape index (κ1) is 12.4. The van der Waals surface area contributed by atoms with E-state index in [-0.39, 0.29) is 6.42 Å². The summed E-state index contributed by atoms with van der Waals surface area (Å²) in [5.74, 6) is -4.57. The summed E-state index contributed by atoms with van der Waals surface area (Å²) >= 11 is 1.14. The van der Waals surface area contributed by atoms with Crippen LogP contribution in [-0.4, -0.2) is 16.0 Å². The summed E-state index contributed by atoms with van der Waals surface area (Å²) in [6, 6.07) is 0. The van der Waals surface area contributed by atoms with Gasteiger partial charge in [0.1, 0.15) is 0 Å². The molecule has 74 valence electrons. The zero-order valence-electron chi connectivity index (χ0n) is 6.26. The molecule has 0 fully saturated rings. The van der Waals surface area contributed by atoms with Crippen LogP contribution in [0.15, 0.2) is 0 Å². The molecule has 1 atom stereocenters. The molecule has 0 bridgehead atoms. The van der Waals surface area contributed by atoms with Crippen LogP contribution in [0.3, 0.4) is 0 Å². The molecule has 0 aliphatic carbocycles. The van der Waals surface area contributed by atoms with Gasteiger partial charge in [-0.3, -0.25) is 0 Å². The van der Waals surface area contributed by atoms with E-state index in [0.717, 1.165) is 22.6 Å². The average molecular weight is 302 g/mol. The average Bonchev–Trinajstić information content (AvgIpc) is 1.85. The second-order valence-corrected chi connectivity index (χ2v) is 3.88. The van der Waals surface area contributed by atoms with Gasteiger partial charge in [0.05, 0.1) is 3.92 Å². The number of hydrogen-bond acceptors (Lipinski definition) is 0. The SMILES string of the molecule is CCCC(I)C(F)(F)C(F)(F)F. The van der Waals surface area contributed by atoms with Crippen molar-refractivity contribution in [3.05, 3.63) is 0 Å². The highest BCUT2D eigenvalue weighted by molar-refractivity contribution is 14.1. The molecule has 0 heterocycles. The molecule has 0 aromatic carbocycles. The Bertz CT molecular complexity index is 141. The normalized spacial score (nSPS) is 16.2. The lowest BCUT2D eigenvalue weighted by molar-refractivity contribution is -0.279. The van der Waals surface area contributed by atoms with Crippen LogP contribution in [0.5, 0.6) is 0 Å². The van der Waals surface area contributed by atoms with Gasteiger partial charge < -0.3 is 0 Å². The van der Waals surface area contributed by atoms with Crippen molar-refractivity contribution in [1.82, 2.24) is 0 Å². The van der Waals surface area contributed by atoms with Crippen LogP contribution >= 0.6 is 22.6 Å². The minimum Gasteiger partial charge on any atom is -0.195 e. The molecule has 0 spiro atoms. The Labute approximate surface area is 80.7 Å². The van der Waals surface area contributed by atoms with Crippen molar-refractivity contribution in [2.75, 3.05) is 0 Å². The van der Waals surface area contributed by atoms with Gasteiger partial charge in [0.2, 0.25) is 0 Å². The second kappa shape index (κ2) is 4.06. The zero-order chi connectivity index (χ0) is 9.99. The summed E-state index contributed by atoms with van der Waals surface area (Å²) in [5.41, 5.74) is 0.